The van der Waals surface area contributed by atoms with Crippen LogP contribution in [0.1, 0.15) is 30.9 Å². The van der Waals surface area contributed by atoms with Crippen LogP contribution in [0.15, 0.2) is 18.2 Å². The summed E-state index contributed by atoms with van der Waals surface area (Å²) in [7, 11) is 0. The summed E-state index contributed by atoms with van der Waals surface area (Å²) < 4.78 is 6.06. The van der Waals surface area contributed by atoms with Crippen LogP contribution < -0.4 is 4.74 Å². The molecule has 0 N–H and O–H groups in total. The third-order valence-electron chi connectivity index (χ3n) is 3.52. The van der Waals surface area contributed by atoms with Gasteiger partial charge in [0.15, 0.2) is 0 Å². The number of carbonyl (C=O) groups excluding carboxylic acids is 1. The number of benzene rings is 1. The number of aryl methyl sites for hydroxylation is 2. The van der Waals surface area contributed by atoms with Crippen LogP contribution in [0, 0.1) is 13.8 Å². The molecule has 3 nitrogen and oxygen atoms in total. The van der Waals surface area contributed by atoms with Gasteiger partial charge in [0.05, 0.1) is 0 Å². The maximum atomic E-state index is 11.2. The molecule has 0 spiro atoms. The fourth-order valence-corrected chi connectivity index (χ4v) is 2.30. The molecule has 0 aliphatic carbocycles. The van der Waals surface area contributed by atoms with E-state index in [4.69, 9.17) is 4.74 Å². The molecule has 18 heavy (non-hydrogen) atoms. The van der Waals surface area contributed by atoms with Gasteiger partial charge in [-0.2, -0.15) is 0 Å². The number of piperidine rings is 1. The lowest BCUT2D eigenvalue weighted by Gasteiger charge is -2.31. The van der Waals surface area contributed by atoms with Crippen LogP contribution in [-0.4, -0.2) is 30.0 Å². The summed E-state index contributed by atoms with van der Waals surface area (Å²) in [5, 5.41) is 0. The van der Waals surface area contributed by atoms with Gasteiger partial charge in [0.1, 0.15) is 11.9 Å². The highest BCUT2D eigenvalue weighted by Crippen LogP contribution is 2.23. The van der Waals surface area contributed by atoms with Gasteiger partial charge in [-0.1, -0.05) is 12.1 Å². The van der Waals surface area contributed by atoms with E-state index >= 15 is 0 Å². The highest BCUT2D eigenvalue weighted by molar-refractivity contribution is 5.73. The Morgan fingerprint density at radius 2 is 1.94 bits per heavy atom. The molecule has 3 heteroatoms. The van der Waals surface area contributed by atoms with E-state index in [0.29, 0.717) is 0 Å². The average Bonchev–Trinajstić information content (AvgIpc) is 2.34. The molecule has 1 amide bonds. The van der Waals surface area contributed by atoms with Crippen molar-refractivity contribution in [3.8, 4) is 5.75 Å². The first kappa shape index (κ1) is 12.9. The third-order valence-corrected chi connectivity index (χ3v) is 3.52. The summed E-state index contributed by atoms with van der Waals surface area (Å²) in [6.45, 7) is 7.39. The summed E-state index contributed by atoms with van der Waals surface area (Å²) in [5.41, 5.74) is 2.39. The molecule has 1 aliphatic heterocycles. The molecule has 2 rings (SSSR count). The van der Waals surface area contributed by atoms with E-state index in [9.17, 15) is 4.79 Å². The van der Waals surface area contributed by atoms with E-state index in [-0.39, 0.29) is 12.0 Å². The van der Waals surface area contributed by atoms with E-state index in [1.807, 2.05) is 4.90 Å². The predicted octanol–water partition coefficient (Wildman–Crippen LogP) is 2.69. The van der Waals surface area contributed by atoms with Gasteiger partial charge in [0, 0.05) is 32.9 Å². The smallest absolute Gasteiger partial charge is 0.219 e. The molecule has 0 bridgehead atoms. The fourth-order valence-electron chi connectivity index (χ4n) is 2.30. The quantitative estimate of drug-likeness (QED) is 0.804. The molecule has 1 aromatic rings. The molecule has 1 saturated heterocycles. The molecule has 1 aromatic carbocycles. The number of likely N-dealkylation sites (tertiary alicyclic amines) is 1. The SMILES string of the molecule is CC(=O)N1CCC(Oc2cc(C)ccc2C)CC1. The standard InChI is InChI=1S/C15H21NO2/c1-11-4-5-12(2)15(10-11)18-14-6-8-16(9-7-14)13(3)17/h4-5,10,14H,6-9H2,1-3H3. The zero-order valence-corrected chi connectivity index (χ0v) is 11.4. The molecular formula is C15H21NO2. The van der Waals surface area contributed by atoms with Gasteiger partial charge < -0.3 is 9.64 Å². The first-order valence-corrected chi connectivity index (χ1v) is 6.55. The first-order chi connectivity index (χ1) is 8.56. The van der Waals surface area contributed by atoms with Crippen molar-refractivity contribution in [1.82, 2.24) is 4.90 Å². The van der Waals surface area contributed by atoms with E-state index < -0.39 is 0 Å². The van der Waals surface area contributed by atoms with E-state index in [2.05, 4.69) is 32.0 Å². The van der Waals surface area contributed by atoms with Crippen molar-refractivity contribution in [3.63, 3.8) is 0 Å². The Hall–Kier alpha value is -1.51. The topological polar surface area (TPSA) is 29.5 Å². The second kappa shape index (κ2) is 5.42. The van der Waals surface area contributed by atoms with E-state index in [1.165, 1.54) is 11.1 Å². The Balaban J connectivity index is 1.95. The Kier molecular flexibility index (Phi) is 3.90. The summed E-state index contributed by atoms with van der Waals surface area (Å²) in [6.07, 6.45) is 2.08. The second-order valence-electron chi connectivity index (χ2n) is 5.09. The maximum Gasteiger partial charge on any atom is 0.219 e. The van der Waals surface area contributed by atoms with Gasteiger partial charge in [-0.15, -0.1) is 0 Å². The molecule has 0 saturated carbocycles. The van der Waals surface area contributed by atoms with Crippen LogP contribution in [0.25, 0.3) is 0 Å². The zero-order valence-electron chi connectivity index (χ0n) is 11.4. The van der Waals surface area contributed by atoms with Crippen molar-refractivity contribution in [3.05, 3.63) is 29.3 Å². The predicted molar refractivity (Wildman–Crippen MR) is 71.8 cm³/mol. The Morgan fingerprint density at radius 1 is 1.28 bits per heavy atom. The third kappa shape index (κ3) is 3.03. The summed E-state index contributed by atoms with van der Waals surface area (Å²) in [5.74, 6) is 1.15. The van der Waals surface area contributed by atoms with Crippen molar-refractivity contribution < 1.29 is 9.53 Å². The fraction of sp³-hybridized carbons (Fsp3) is 0.533. The lowest BCUT2D eigenvalue weighted by molar-refractivity contribution is -0.130. The minimum absolute atomic E-state index is 0.167. The van der Waals surface area contributed by atoms with Gasteiger partial charge in [0.25, 0.3) is 0 Å². The number of amides is 1. The lowest BCUT2D eigenvalue weighted by Crippen LogP contribution is -2.40. The van der Waals surface area contributed by atoms with Crippen LogP contribution in [0.2, 0.25) is 0 Å². The van der Waals surface area contributed by atoms with Crippen molar-refractivity contribution in [2.24, 2.45) is 0 Å². The van der Waals surface area contributed by atoms with Crippen molar-refractivity contribution in [2.45, 2.75) is 39.7 Å². The Bertz CT molecular complexity index is 434. The minimum atomic E-state index is 0.167. The van der Waals surface area contributed by atoms with Gasteiger partial charge in [-0.25, -0.2) is 0 Å². The van der Waals surface area contributed by atoms with Crippen molar-refractivity contribution >= 4 is 5.91 Å². The van der Waals surface area contributed by atoms with Gasteiger partial charge in [-0.3, -0.25) is 4.79 Å². The summed E-state index contributed by atoms with van der Waals surface area (Å²) in [6, 6.07) is 6.28. The zero-order chi connectivity index (χ0) is 13.1. The monoisotopic (exact) mass is 247 g/mol. The van der Waals surface area contributed by atoms with Crippen molar-refractivity contribution in [2.75, 3.05) is 13.1 Å². The average molecular weight is 247 g/mol. The van der Waals surface area contributed by atoms with Gasteiger partial charge >= 0.3 is 0 Å². The highest BCUT2D eigenvalue weighted by Gasteiger charge is 2.22. The highest BCUT2D eigenvalue weighted by atomic mass is 16.5. The summed E-state index contributed by atoms with van der Waals surface area (Å²) in [4.78, 5) is 13.1. The number of nitrogens with zero attached hydrogens (tertiary/aromatic N) is 1. The number of carbonyl (C=O) groups is 1. The van der Waals surface area contributed by atoms with E-state index in [0.717, 1.165) is 31.7 Å². The molecule has 0 radical (unpaired) electrons. The molecular weight excluding hydrogens is 226 g/mol. The van der Waals surface area contributed by atoms with Gasteiger partial charge in [-0.05, 0) is 31.0 Å². The number of hydrogen-bond acceptors (Lipinski definition) is 2. The lowest BCUT2D eigenvalue weighted by atomic mass is 10.1. The number of hydrogen-bond donors (Lipinski definition) is 0. The molecule has 0 aromatic heterocycles. The molecule has 1 fully saturated rings. The maximum absolute atomic E-state index is 11.2. The molecule has 1 heterocycles. The van der Waals surface area contributed by atoms with Crippen LogP contribution >= 0.6 is 0 Å². The van der Waals surface area contributed by atoms with Crippen LogP contribution in [0.3, 0.4) is 0 Å². The second-order valence-corrected chi connectivity index (χ2v) is 5.09. The van der Waals surface area contributed by atoms with Crippen LogP contribution in [0.4, 0.5) is 0 Å². The van der Waals surface area contributed by atoms with E-state index in [1.54, 1.807) is 6.92 Å². The Labute approximate surface area is 109 Å². The van der Waals surface area contributed by atoms with Gasteiger partial charge in [0.2, 0.25) is 5.91 Å². The van der Waals surface area contributed by atoms with Crippen LogP contribution in [-0.2, 0) is 4.79 Å². The first-order valence-electron chi connectivity index (χ1n) is 6.55. The number of ether oxygens (including phenoxy) is 1. The largest absolute Gasteiger partial charge is 0.490 e. The van der Waals surface area contributed by atoms with Crippen LogP contribution in [0.5, 0.6) is 5.75 Å². The molecule has 98 valence electrons. The Morgan fingerprint density at radius 3 is 2.56 bits per heavy atom. The number of rotatable bonds is 2. The molecule has 0 unspecified atom stereocenters. The van der Waals surface area contributed by atoms with Crippen molar-refractivity contribution in [1.29, 1.82) is 0 Å². The molecule has 1 aliphatic rings. The molecule has 0 atom stereocenters. The normalized spacial score (nSPS) is 16.7. The minimum Gasteiger partial charge on any atom is -0.490 e. The summed E-state index contributed by atoms with van der Waals surface area (Å²) >= 11 is 0.